The summed E-state index contributed by atoms with van der Waals surface area (Å²) in [6.45, 7) is 10.8. The number of aromatic nitrogens is 1. The topological polar surface area (TPSA) is 44.5 Å². The van der Waals surface area contributed by atoms with Gasteiger partial charge in [-0.05, 0) is 49.6 Å². The summed E-state index contributed by atoms with van der Waals surface area (Å²) in [5, 5.41) is 0. The Morgan fingerprint density at radius 1 is 0.857 bits per heavy atom. The maximum Gasteiger partial charge on any atom is 0.226 e. The standard InChI is InChI=1S/C31H31NO3/c1-4-12-26-20-28(34-22-24-14-8-6-9-15-24)21-27(13-5-2)30(26)33-19-18-29-23(3)35-31(32-29)25-16-10-7-11-17-25/h4-11,14-17,20-21H,1-2,12-13,18-19,22H2,3H3. The molecule has 178 valence electrons. The summed E-state index contributed by atoms with van der Waals surface area (Å²) in [5.74, 6) is 3.13. The van der Waals surface area contributed by atoms with Crippen molar-refractivity contribution in [1.82, 2.24) is 4.98 Å². The molecular weight excluding hydrogens is 434 g/mol. The van der Waals surface area contributed by atoms with E-state index in [1.54, 1.807) is 0 Å². The zero-order valence-electron chi connectivity index (χ0n) is 20.2. The third-order valence-corrected chi connectivity index (χ3v) is 5.69. The average Bonchev–Trinajstić information content (AvgIpc) is 3.26. The van der Waals surface area contributed by atoms with Gasteiger partial charge in [0.1, 0.15) is 23.9 Å². The van der Waals surface area contributed by atoms with Crippen LogP contribution < -0.4 is 9.47 Å². The van der Waals surface area contributed by atoms with Gasteiger partial charge in [0.05, 0.1) is 12.3 Å². The molecule has 4 nitrogen and oxygen atoms in total. The molecule has 0 atom stereocenters. The molecule has 0 spiro atoms. The molecule has 0 bridgehead atoms. The monoisotopic (exact) mass is 465 g/mol. The number of hydrogen-bond acceptors (Lipinski definition) is 4. The summed E-state index contributed by atoms with van der Waals surface area (Å²) in [6, 6.07) is 24.2. The van der Waals surface area contributed by atoms with Crippen LogP contribution in [0.25, 0.3) is 11.5 Å². The van der Waals surface area contributed by atoms with Gasteiger partial charge < -0.3 is 13.9 Å². The molecule has 1 aromatic heterocycles. The van der Waals surface area contributed by atoms with Crippen molar-refractivity contribution in [2.24, 2.45) is 0 Å². The molecule has 0 amide bonds. The van der Waals surface area contributed by atoms with Crippen LogP contribution in [0, 0.1) is 6.92 Å². The minimum atomic E-state index is 0.486. The summed E-state index contributed by atoms with van der Waals surface area (Å²) in [7, 11) is 0. The molecule has 4 rings (SSSR count). The van der Waals surface area contributed by atoms with Crippen LogP contribution in [0.3, 0.4) is 0 Å². The first-order valence-corrected chi connectivity index (χ1v) is 11.9. The first-order chi connectivity index (χ1) is 17.2. The number of aryl methyl sites for hydroxylation is 1. The molecule has 4 aromatic rings. The summed E-state index contributed by atoms with van der Waals surface area (Å²) in [4.78, 5) is 4.70. The molecule has 0 saturated carbocycles. The van der Waals surface area contributed by atoms with Crippen molar-refractivity contribution in [3.63, 3.8) is 0 Å². The van der Waals surface area contributed by atoms with Gasteiger partial charge in [0.15, 0.2) is 0 Å². The van der Waals surface area contributed by atoms with E-state index in [4.69, 9.17) is 18.9 Å². The highest BCUT2D eigenvalue weighted by atomic mass is 16.5. The largest absolute Gasteiger partial charge is 0.493 e. The second kappa shape index (κ2) is 11.9. The van der Waals surface area contributed by atoms with E-state index in [-0.39, 0.29) is 0 Å². The number of oxazole rings is 1. The van der Waals surface area contributed by atoms with Gasteiger partial charge in [0, 0.05) is 23.1 Å². The van der Waals surface area contributed by atoms with Crippen LogP contribution in [-0.2, 0) is 25.9 Å². The smallest absolute Gasteiger partial charge is 0.226 e. The predicted octanol–water partition coefficient (Wildman–Crippen LogP) is 7.31. The van der Waals surface area contributed by atoms with Crippen LogP contribution in [0.1, 0.15) is 28.1 Å². The highest BCUT2D eigenvalue weighted by molar-refractivity contribution is 5.53. The van der Waals surface area contributed by atoms with Crippen LogP contribution in [0.15, 0.2) is 103 Å². The fourth-order valence-corrected chi connectivity index (χ4v) is 3.96. The van der Waals surface area contributed by atoms with E-state index in [1.165, 1.54) is 0 Å². The van der Waals surface area contributed by atoms with Gasteiger partial charge in [-0.1, -0.05) is 60.7 Å². The lowest BCUT2D eigenvalue weighted by Gasteiger charge is -2.17. The molecule has 0 unspecified atom stereocenters. The number of rotatable bonds is 12. The Morgan fingerprint density at radius 3 is 2.11 bits per heavy atom. The Morgan fingerprint density at radius 2 is 1.49 bits per heavy atom. The third-order valence-electron chi connectivity index (χ3n) is 5.69. The highest BCUT2D eigenvalue weighted by Crippen LogP contribution is 2.32. The second-order valence-electron chi connectivity index (χ2n) is 8.32. The van der Waals surface area contributed by atoms with Gasteiger partial charge in [-0.2, -0.15) is 0 Å². The first-order valence-electron chi connectivity index (χ1n) is 11.9. The van der Waals surface area contributed by atoms with Crippen molar-refractivity contribution in [3.8, 4) is 23.0 Å². The van der Waals surface area contributed by atoms with E-state index in [9.17, 15) is 0 Å². The quantitative estimate of drug-likeness (QED) is 0.206. The molecule has 35 heavy (non-hydrogen) atoms. The fourth-order valence-electron chi connectivity index (χ4n) is 3.96. The normalized spacial score (nSPS) is 10.7. The van der Waals surface area contributed by atoms with Crippen molar-refractivity contribution in [2.45, 2.75) is 32.8 Å². The van der Waals surface area contributed by atoms with Gasteiger partial charge in [-0.15, -0.1) is 13.2 Å². The van der Waals surface area contributed by atoms with Crippen LogP contribution in [0.5, 0.6) is 11.5 Å². The Bertz CT molecular complexity index is 1230. The first kappa shape index (κ1) is 24.1. The Hall–Kier alpha value is -4.05. The zero-order valence-corrected chi connectivity index (χ0v) is 20.2. The summed E-state index contributed by atoms with van der Waals surface area (Å²) in [5.41, 5.74) is 5.09. The Kier molecular flexibility index (Phi) is 8.18. The lowest BCUT2D eigenvalue weighted by atomic mass is 10.0. The van der Waals surface area contributed by atoms with Crippen LogP contribution in [0.4, 0.5) is 0 Å². The molecule has 0 radical (unpaired) electrons. The van der Waals surface area contributed by atoms with E-state index in [0.717, 1.165) is 45.2 Å². The second-order valence-corrected chi connectivity index (χ2v) is 8.32. The van der Waals surface area contributed by atoms with E-state index >= 15 is 0 Å². The van der Waals surface area contributed by atoms with Crippen molar-refractivity contribution >= 4 is 0 Å². The van der Waals surface area contributed by atoms with Gasteiger partial charge in [-0.3, -0.25) is 0 Å². The Labute approximate surface area is 207 Å². The number of hydrogen-bond donors (Lipinski definition) is 0. The SMILES string of the molecule is C=CCc1cc(OCc2ccccc2)cc(CC=C)c1OCCc1nc(-c2ccccc2)oc1C. The van der Waals surface area contributed by atoms with Gasteiger partial charge >= 0.3 is 0 Å². The van der Waals surface area contributed by atoms with Crippen LogP contribution >= 0.6 is 0 Å². The molecule has 0 N–H and O–H groups in total. The van der Waals surface area contributed by atoms with Crippen molar-refractivity contribution in [3.05, 3.63) is 126 Å². The van der Waals surface area contributed by atoms with Crippen molar-refractivity contribution < 1.29 is 13.9 Å². The fraction of sp³-hybridized carbons (Fsp3) is 0.194. The molecule has 0 aliphatic carbocycles. The third kappa shape index (κ3) is 6.30. The molecule has 0 saturated heterocycles. The molecule has 0 fully saturated rings. The maximum atomic E-state index is 6.33. The average molecular weight is 466 g/mol. The van der Waals surface area contributed by atoms with Crippen molar-refractivity contribution in [2.75, 3.05) is 6.61 Å². The minimum absolute atomic E-state index is 0.486. The summed E-state index contributed by atoms with van der Waals surface area (Å²) >= 11 is 0. The number of nitrogens with zero attached hydrogens (tertiary/aromatic N) is 1. The van der Waals surface area contributed by atoms with E-state index < -0.39 is 0 Å². The predicted molar refractivity (Wildman–Crippen MR) is 141 cm³/mol. The van der Waals surface area contributed by atoms with E-state index in [0.29, 0.717) is 38.4 Å². The summed E-state index contributed by atoms with van der Waals surface area (Å²) in [6.07, 6.45) is 5.78. The maximum absolute atomic E-state index is 6.33. The lowest BCUT2D eigenvalue weighted by Crippen LogP contribution is -2.07. The molecule has 3 aromatic carbocycles. The van der Waals surface area contributed by atoms with Crippen molar-refractivity contribution in [1.29, 1.82) is 0 Å². The summed E-state index contributed by atoms with van der Waals surface area (Å²) < 4.78 is 18.3. The molecule has 0 aliphatic heterocycles. The number of allylic oxidation sites excluding steroid dienone is 2. The number of ether oxygens (including phenoxy) is 2. The van der Waals surface area contributed by atoms with Crippen LogP contribution in [-0.4, -0.2) is 11.6 Å². The van der Waals surface area contributed by atoms with Gasteiger partial charge in [0.25, 0.3) is 0 Å². The molecule has 4 heteroatoms. The minimum Gasteiger partial charge on any atom is -0.493 e. The molecular formula is C31H31NO3. The molecule has 1 heterocycles. The highest BCUT2D eigenvalue weighted by Gasteiger charge is 2.15. The van der Waals surface area contributed by atoms with Crippen LogP contribution in [0.2, 0.25) is 0 Å². The Balaban J connectivity index is 1.49. The molecule has 0 aliphatic rings. The van der Waals surface area contributed by atoms with E-state index in [2.05, 4.69) is 25.3 Å². The number of benzene rings is 3. The van der Waals surface area contributed by atoms with E-state index in [1.807, 2.05) is 79.7 Å². The zero-order chi connectivity index (χ0) is 24.5. The van der Waals surface area contributed by atoms with Gasteiger partial charge in [0.2, 0.25) is 5.89 Å². The lowest BCUT2D eigenvalue weighted by molar-refractivity contribution is 0.299. The van der Waals surface area contributed by atoms with Gasteiger partial charge in [-0.25, -0.2) is 4.98 Å².